The molecule has 2 rings (SSSR count). The molecule has 110 valence electrons. The second-order valence-corrected chi connectivity index (χ2v) is 6.29. The minimum absolute atomic E-state index is 0.0139. The van der Waals surface area contributed by atoms with Crippen LogP contribution in [0.5, 0.6) is 0 Å². The summed E-state index contributed by atoms with van der Waals surface area (Å²) in [6.07, 6.45) is 6.11. The number of anilines is 1. The van der Waals surface area contributed by atoms with Crippen LogP contribution in [0.4, 0.5) is 5.82 Å². The molecule has 0 saturated heterocycles. The van der Waals surface area contributed by atoms with Gasteiger partial charge in [-0.15, -0.1) is 0 Å². The largest absolute Gasteiger partial charge is 0.382 e. The number of carbonyl (C=O) groups is 1. The van der Waals surface area contributed by atoms with Crippen LogP contribution < -0.4 is 5.73 Å². The molecule has 1 aromatic rings. The molecule has 1 amide bonds. The number of aromatic nitrogens is 1. The lowest BCUT2D eigenvalue weighted by Gasteiger charge is -2.30. The van der Waals surface area contributed by atoms with Crippen molar-refractivity contribution in [2.45, 2.75) is 45.6 Å². The first-order valence-corrected chi connectivity index (χ1v) is 7.59. The van der Waals surface area contributed by atoms with Crippen molar-refractivity contribution in [3.05, 3.63) is 22.8 Å². The number of nitrogen functional groups attached to an aromatic ring is 1. The SMILES string of the molecule is CC(C)CN(C(=O)c1cnc(N)c(Cl)c1)C1CCCC1. The van der Waals surface area contributed by atoms with Crippen molar-refractivity contribution in [3.63, 3.8) is 0 Å². The van der Waals surface area contributed by atoms with Crippen molar-refractivity contribution in [1.82, 2.24) is 9.88 Å². The third kappa shape index (κ3) is 3.42. The second kappa shape index (κ2) is 6.44. The van der Waals surface area contributed by atoms with Crippen LogP contribution >= 0.6 is 11.6 Å². The van der Waals surface area contributed by atoms with E-state index >= 15 is 0 Å². The summed E-state index contributed by atoms with van der Waals surface area (Å²) in [6.45, 7) is 5.03. The Morgan fingerprint density at radius 2 is 2.15 bits per heavy atom. The summed E-state index contributed by atoms with van der Waals surface area (Å²) in [4.78, 5) is 18.7. The first kappa shape index (κ1) is 15.1. The van der Waals surface area contributed by atoms with Gasteiger partial charge in [0.2, 0.25) is 0 Å². The maximum absolute atomic E-state index is 12.7. The third-order valence-electron chi connectivity index (χ3n) is 3.70. The molecule has 1 fully saturated rings. The number of nitrogens with two attached hydrogens (primary N) is 1. The summed E-state index contributed by atoms with van der Waals surface area (Å²) in [5.41, 5.74) is 6.12. The summed E-state index contributed by atoms with van der Waals surface area (Å²) in [7, 11) is 0. The minimum atomic E-state index is 0.0139. The normalized spacial score (nSPS) is 15.8. The van der Waals surface area contributed by atoms with Gasteiger partial charge in [0.05, 0.1) is 10.6 Å². The molecule has 1 saturated carbocycles. The van der Waals surface area contributed by atoms with Gasteiger partial charge < -0.3 is 10.6 Å². The highest BCUT2D eigenvalue weighted by Crippen LogP contribution is 2.26. The van der Waals surface area contributed by atoms with E-state index in [0.717, 1.165) is 19.4 Å². The average molecular weight is 296 g/mol. The van der Waals surface area contributed by atoms with E-state index in [0.29, 0.717) is 22.5 Å². The van der Waals surface area contributed by atoms with Gasteiger partial charge in [-0.1, -0.05) is 38.3 Å². The van der Waals surface area contributed by atoms with Gasteiger partial charge >= 0.3 is 0 Å². The summed E-state index contributed by atoms with van der Waals surface area (Å²) in [5.74, 6) is 0.719. The summed E-state index contributed by atoms with van der Waals surface area (Å²) in [6, 6.07) is 1.97. The fourth-order valence-electron chi connectivity index (χ4n) is 2.74. The highest BCUT2D eigenvalue weighted by Gasteiger charge is 2.28. The van der Waals surface area contributed by atoms with E-state index in [1.165, 1.54) is 19.0 Å². The van der Waals surface area contributed by atoms with Crippen LogP contribution in [0.1, 0.15) is 49.9 Å². The molecule has 0 aliphatic heterocycles. The van der Waals surface area contributed by atoms with E-state index < -0.39 is 0 Å². The number of hydrogen-bond donors (Lipinski definition) is 1. The smallest absolute Gasteiger partial charge is 0.255 e. The molecule has 0 unspecified atom stereocenters. The molecule has 1 aliphatic rings. The number of amides is 1. The third-order valence-corrected chi connectivity index (χ3v) is 4.01. The number of hydrogen-bond acceptors (Lipinski definition) is 3. The maximum Gasteiger partial charge on any atom is 0.255 e. The molecule has 1 heterocycles. The highest BCUT2D eigenvalue weighted by atomic mass is 35.5. The Balaban J connectivity index is 2.22. The van der Waals surface area contributed by atoms with Crippen LogP contribution in [-0.2, 0) is 0 Å². The number of rotatable bonds is 4. The Labute approximate surface area is 125 Å². The van der Waals surface area contributed by atoms with E-state index in [9.17, 15) is 4.79 Å². The molecule has 0 radical (unpaired) electrons. The van der Waals surface area contributed by atoms with Crippen LogP contribution in [-0.4, -0.2) is 28.4 Å². The zero-order valence-electron chi connectivity index (χ0n) is 12.1. The lowest BCUT2D eigenvalue weighted by Crippen LogP contribution is -2.41. The zero-order valence-corrected chi connectivity index (χ0v) is 12.9. The molecule has 0 bridgehead atoms. The van der Waals surface area contributed by atoms with Crippen LogP contribution in [0.15, 0.2) is 12.3 Å². The number of pyridine rings is 1. The molecule has 5 heteroatoms. The fraction of sp³-hybridized carbons (Fsp3) is 0.600. The summed E-state index contributed by atoms with van der Waals surface area (Å²) < 4.78 is 0. The topological polar surface area (TPSA) is 59.2 Å². The van der Waals surface area contributed by atoms with Crippen LogP contribution in [0.2, 0.25) is 5.02 Å². The van der Waals surface area contributed by atoms with Crippen LogP contribution in [0, 0.1) is 5.92 Å². The molecular formula is C15H22ClN3O. The van der Waals surface area contributed by atoms with Gasteiger partial charge in [0.25, 0.3) is 5.91 Å². The van der Waals surface area contributed by atoms with Gasteiger partial charge in [0.1, 0.15) is 5.82 Å². The monoisotopic (exact) mass is 295 g/mol. The molecule has 0 spiro atoms. The molecule has 2 N–H and O–H groups in total. The van der Waals surface area contributed by atoms with E-state index in [2.05, 4.69) is 18.8 Å². The van der Waals surface area contributed by atoms with Gasteiger partial charge in [-0.3, -0.25) is 4.79 Å². The van der Waals surface area contributed by atoms with Crippen molar-refractivity contribution < 1.29 is 4.79 Å². The van der Waals surface area contributed by atoms with Gasteiger partial charge in [0.15, 0.2) is 0 Å². The molecule has 0 atom stereocenters. The van der Waals surface area contributed by atoms with Crippen LogP contribution in [0.3, 0.4) is 0 Å². The maximum atomic E-state index is 12.7. The molecule has 1 aliphatic carbocycles. The van der Waals surface area contributed by atoms with Gasteiger partial charge in [0, 0.05) is 18.8 Å². The van der Waals surface area contributed by atoms with E-state index in [1.54, 1.807) is 6.07 Å². The van der Waals surface area contributed by atoms with Crippen molar-refractivity contribution >= 4 is 23.3 Å². The zero-order chi connectivity index (χ0) is 14.7. The van der Waals surface area contributed by atoms with Crippen molar-refractivity contribution in [1.29, 1.82) is 0 Å². The Kier molecular flexibility index (Phi) is 4.86. The molecule has 0 aromatic carbocycles. The fourth-order valence-corrected chi connectivity index (χ4v) is 2.90. The lowest BCUT2D eigenvalue weighted by molar-refractivity contribution is 0.0655. The average Bonchev–Trinajstić information content (AvgIpc) is 2.92. The Hall–Kier alpha value is -1.29. The summed E-state index contributed by atoms with van der Waals surface area (Å²) >= 11 is 5.97. The van der Waals surface area contributed by atoms with Crippen molar-refractivity contribution in [2.75, 3.05) is 12.3 Å². The highest BCUT2D eigenvalue weighted by molar-refractivity contribution is 6.33. The number of carbonyl (C=O) groups excluding carboxylic acids is 1. The van der Waals surface area contributed by atoms with E-state index in [-0.39, 0.29) is 11.7 Å². The molecule has 20 heavy (non-hydrogen) atoms. The van der Waals surface area contributed by atoms with Crippen molar-refractivity contribution in [3.8, 4) is 0 Å². The van der Waals surface area contributed by atoms with Gasteiger partial charge in [-0.2, -0.15) is 0 Å². The number of nitrogens with zero attached hydrogens (tertiary/aromatic N) is 2. The van der Waals surface area contributed by atoms with Crippen LogP contribution in [0.25, 0.3) is 0 Å². The molecule has 4 nitrogen and oxygen atoms in total. The predicted octanol–water partition coefficient (Wildman–Crippen LogP) is 3.36. The Morgan fingerprint density at radius 1 is 1.50 bits per heavy atom. The molecule has 1 aromatic heterocycles. The standard InChI is InChI=1S/C15H22ClN3O/c1-10(2)9-19(12-5-3-4-6-12)15(20)11-7-13(16)14(17)18-8-11/h7-8,10,12H,3-6,9H2,1-2H3,(H2,17,18). The second-order valence-electron chi connectivity index (χ2n) is 5.88. The Bertz CT molecular complexity index is 484. The van der Waals surface area contributed by atoms with E-state index in [1.807, 2.05) is 4.90 Å². The first-order chi connectivity index (χ1) is 9.49. The van der Waals surface area contributed by atoms with E-state index in [4.69, 9.17) is 17.3 Å². The number of halogens is 1. The first-order valence-electron chi connectivity index (χ1n) is 7.21. The summed E-state index contributed by atoms with van der Waals surface area (Å²) in [5, 5.41) is 0.340. The van der Waals surface area contributed by atoms with Gasteiger partial charge in [-0.25, -0.2) is 4.98 Å². The quantitative estimate of drug-likeness (QED) is 0.926. The van der Waals surface area contributed by atoms with Crippen molar-refractivity contribution in [2.24, 2.45) is 5.92 Å². The van der Waals surface area contributed by atoms with Gasteiger partial charge in [-0.05, 0) is 24.8 Å². The molecular weight excluding hydrogens is 274 g/mol. The minimum Gasteiger partial charge on any atom is -0.382 e. The Morgan fingerprint density at radius 3 is 2.70 bits per heavy atom. The lowest BCUT2D eigenvalue weighted by atomic mass is 10.1. The predicted molar refractivity (Wildman–Crippen MR) is 81.8 cm³/mol.